The van der Waals surface area contributed by atoms with Crippen molar-refractivity contribution in [2.75, 3.05) is 11.4 Å². The van der Waals surface area contributed by atoms with Crippen molar-refractivity contribution in [3.63, 3.8) is 0 Å². The maximum absolute atomic E-state index is 11.9. The Morgan fingerprint density at radius 1 is 1.42 bits per heavy atom. The first-order chi connectivity index (χ1) is 8.84. The van der Waals surface area contributed by atoms with Crippen LogP contribution in [0.5, 0.6) is 0 Å². The molecule has 6 nitrogen and oxygen atoms in total. The second kappa shape index (κ2) is 4.35. The molecule has 19 heavy (non-hydrogen) atoms. The molecule has 1 aliphatic heterocycles. The lowest BCUT2D eigenvalue weighted by Gasteiger charge is -2.41. The van der Waals surface area contributed by atoms with Crippen molar-refractivity contribution in [3.8, 4) is 6.07 Å². The van der Waals surface area contributed by atoms with Crippen LogP contribution < -0.4 is 10.2 Å². The summed E-state index contributed by atoms with van der Waals surface area (Å²) in [6.07, 6.45) is 0. The third-order valence-corrected chi connectivity index (χ3v) is 3.13. The van der Waals surface area contributed by atoms with E-state index in [1.165, 1.54) is 0 Å². The molecule has 0 bridgehead atoms. The molecule has 98 valence electrons. The molecule has 1 aromatic rings. The van der Waals surface area contributed by atoms with Crippen molar-refractivity contribution in [1.29, 1.82) is 5.26 Å². The minimum absolute atomic E-state index is 0.0417. The molecule has 2 rings (SSSR count). The highest BCUT2D eigenvalue weighted by Crippen LogP contribution is 2.25. The zero-order chi connectivity index (χ0) is 14.2. The molecule has 1 aliphatic rings. The number of nitrogens with zero attached hydrogens (tertiary/aromatic N) is 3. The predicted molar refractivity (Wildman–Crippen MR) is 68.3 cm³/mol. The highest BCUT2D eigenvalue weighted by Gasteiger charge is 2.41. The summed E-state index contributed by atoms with van der Waals surface area (Å²) in [6, 6.07) is 5.28. The van der Waals surface area contributed by atoms with Gasteiger partial charge in [-0.3, -0.25) is 14.9 Å². The van der Waals surface area contributed by atoms with Crippen LogP contribution in [0.3, 0.4) is 0 Å². The van der Waals surface area contributed by atoms with Gasteiger partial charge in [-0.05, 0) is 32.9 Å². The van der Waals surface area contributed by atoms with E-state index in [1.54, 1.807) is 37.8 Å². The SMILES string of the molecule is Cc1cc(C#N)cc(N2CC(=O)NC(=O)C2(C)C)n1. The number of rotatable bonds is 1. The number of nitriles is 1. The molecular formula is C13H14N4O2. The number of aromatic nitrogens is 1. The number of hydrogen-bond acceptors (Lipinski definition) is 5. The molecule has 2 amide bonds. The fourth-order valence-corrected chi connectivity index (χ4v) is 2.00. The van der Waals surface area contributed by atoms with E-state index in [0.29, 0.717) is 17.1 Å². The van der Waals surface area contributed by atoms with E-state index in [4.69, 9.17) is 5.26 Å². The molecule has 0 spiro atoms. The number of aryl methyl sites for hydroxylation is 1. The highest BCUT2D eigenvalue weighted by molar-refractivity contribution is 6.06. The molecule has 0 atom stereocenters. The van der Waals surface area contributed by atoms with Crippen molar-refractivity contribution in [2.45, 2.75) is 26.3 Å². The molecule has 0 unspecified atom stereocenters. The standard InChI is InChI=1S/C13H14N4O2/c1-8-4-9(6-14)5-10(15-8)17-7-11(18)16-12(19)13(17,2)3/h4-5H,7H2,1-3H3,(H,16,18,19). The average molecular weight is 258 g/mol. The van der Waals surface area contributed by atoms with Gasteiger partial charge in [0.25, 0.3) is 5.91 Å². The number of piperazine rings is 1. The van der Waals surface area contributed by atoms with Crippen LogP contribution in [0.4, 0.5) is 5.82 Å². The van der Waals surface area contributed by atoms with Gasteiger partial charge in [0.15, 0.2) is 0 Å². The summed E-state index contributed by atoms with van der Waals surface area (Å²) in [5.74, 6) is -0.276. The van der Waals surface area contributed by atoms with Crippen molar-refractivity contribution in [1.82, 2.24) is 10.3 Å². The van der Waals surface area contributed by atoms with Gasteiger partial charge in [-0.2, -0.15) is 5.26 Å². The Labute approximate surface area is 111 Å². The average Bonchev–Trinajstić information content (AvgIpc) is 2.33. The summed E-state index contributed by atoms with van der Waals surface area (Å²) in [4.78, 5) is 29.3. The van der Waals surface area contributed by atoms with Crippen LogP contribution in [0.15, 0.2) is 12.1 Å². The molecule has 1 N–H and O–H groups in total. The van der Waals surface area contributed by atoms with E-state index in [0.717, 1.165) is 0 Å². The second-order valence-corrected chi connectivity index (χ2v) is 4.99. The molecule has 0 radical (unpaired) electrons. The lowest BCUT2D eigenvalue weighted by molar-refractivity contribution is -0.135. The van der Waals surface area contributed by atoms with Gasteiger partial charge in [-0.1, -0.05) is 0 Å². The summed E-state index contributed by atoms with van der Waals surface area (Å²) in [5, 5.41) is 11.3. The number of amides is 2. The van der Waals surface area contributed by atoms with Gasteiger partial charge in [0.2, 0.25) is 5.91 Å². The monoisotopic (exact) mass is 258 g/mol. The number of carbonyl (C=O) groups is 2. The zero-order valence-corrected chi connectivity index (χ0v) is 11.0. The van der Waals surface area contributed by atoms with E-state index in [9.17, 15) is 9.59 Å². The van der Waals surface area contributed by atoms with Crippen LogP contribution >= 0.6 is 0 Å². The molecule has 2 heterocycles. The number of anilines is 1. The topological polar surface area (TPSA) is 86.1 Å². The van der Waals surface area contributed by atoms with Crippen LogP contribution in [0.1, 0.15) is 25.1 Å². The lowest BCUT2D eigenvalue weighted by Crippen LogP contribution is -2.64. The molecule has 1 saturated heterocycles. The first-order valence-electron chi connectivity index (χ1n) is 5.85. The normalized spacial score (nSPS) is 17.9. The van der Waals surface area contributed by atoms with Gasteiger partial charge >= 0.3 is 0 Å². The molecule has 1 fully saturated rings. The van der Waals surface area contributed by atoms with Crippen LogP contribution in [0, 0.1) is 18.3 Å². The highest BCUT2D eigenvalue weighted by atomic mass is 16.2. The molecular weight excluding hydrogens is 244 g/mol. The minimum Gasteiger partial charge on any atom is -0.333 e. The van der Waals surface area contributed by atoms with Crippen molar-refractivity contribution >= 4 is 17.6 Å². The van der Waals surface area contributed by atoms with Crippen molar-refractivity contribution < 1.29 is 9.59 Å². The van der Waals surface area contributed by atoms with E-state index >= 15 is 0 Å². The molecule has 6 heteroatoms. The van der Waals surface area contributed by atoms with E-state index < -0.39 is 5.54 Å². The van der Waals surface area contributed by atoms with E-state index in [1.807, 2.05) is 6.07 Å². The number of nitrogens with one attached hydrogen (secondary N) is 1. The Morgan fingerprint density at radius 2 is 2.11 bits per heavy atom. The summed E-state index contributed by atoms with van der Waals surface area (Å²) in [5.41, 5.74) is 0.238. The smallest absolute Gasteiger partial charge is 0.251 e. The summed E-state index contributed by atoms with van der Waals surface area (Å²) in [6.45, 7) is 5.24. The minimum atomic E-state index is -0.887. The van der Waals surface area contributed by atoms with Gasteiger partial charge in [0.05, 0.1) is 18.2 Å². The number of hydrogen-bond donors (Lipinski definition) is 1. The second-order valence-electron chi connectivity index (χ2n) is 4.99. The van der Waals surface area contributed by atoms with Crippen LogP contribution in [0.2, 0.25) is 0 Å². The first kappa shape index (κ1) is 13.0. The van der Waals surface area contributed by atoms with Gasteiger partial charge in [0.1, 0.15) is 11.4 Å². The summed E-state index contributed by atoms with van der Waals surface area (Å²) in [7, 11) is 0. The number of pyridine rings is 1. The molecule has 0 saturated carbocycles. The third-order valence-electron chi connectivity index (χ3n) is 3.13. The van der Waals surface area contributed by atoms with Crippen molar-refractivity contribution in [2.24, 2.45) is 0 Å². The van der Waals surface area contributed by atoms with Crippen LogP contribution in [0.25, 0.3) is 0 Å². The largest absolute Gasteiger partial charge is 0.333 e. The van der Waals surface area contributed by atoms with Crippen LogP contribution in [-0.4, -0.2) is 28.9 Å². The van der Waals surface area contributed by atoms with E-state index in [-0.39, 0.29) is 18.4 Å². The first-order valence-corrected chi connectivity index (χ1v) is 5.85. The van der Waals surface area contributed by atoms with E-state index in [2.05, 4.69) is 10.3 Å². The van der Waals surface area contributed by atoms with Gasteiger partial charge < -0.3 is 4.90 Å². The Kier molecular flexibility index (Phi) is 2.98. The molecule has 0 aliphatic carbocycles. The Balaban J connectivity index is 2.50. The molecule has 1 aromatic heterocycles. The lowest BCUT2D eigenvalue weighted by atomic mass is 9.98. The quantitative estimate of drug-likeness (QED) is 0.741. The zero-order valence-electron chi connectivity index (χ0n) is 11.0. The number of imide groups is 1. The predicted octanol–water partition coefficient (Wildman–Crippen LogP) is 0.503. The molecule has 0 aromatic carbocycles. The summed E-state index contributed by atoms with van der Waals surface area (Å²) < 4.78 is 0. The Bertz CT molecular complexity index is 601. The number of carbonyl (C=O) groups excluding carboxylic acids is 2. The van der Waals surface area contributed by atoms with Gasteiger partial charge in [-0.25, -0.2) is 4.98 Å². The van der Waals surface area contributed by atoms with Gasteiger partial charge in [-0.15, -0.1) is 0 Å². The maximum Gasteiger partial charge on any atom is 0.251 e. The maximum atomic E-state index is 11.9. The summed E-state index contributed by atoms with van der Waals surface area (Å²) >= 11 is 0. The van der Waals surface area contributed by atoms with Gasteiger partial charge in [0, 0.05) is 5.69 Å². The van der Waals surface area contributed by atoms with Crippen LogP contribution in [-0.2, 0) is 9.59 Å². The fourth-order valence-electron chi connectivity index (χ4n) is 2.00. The fraction of sp³-hybridized carbons (Fsp3) is 0.385. The Hall–Kier alpha value is -2.42. The van der Waals surface area contributed by atoms with Crippen molar-refractivity contribution in [3.05, 3.63) is 23.4 Å². The Morgan fingerprint density at radius 3 is 2.74 bits per heavy atom. The third kappa shape index (κ3) is 2.27.